The molecule has 1 atom stereocenters. The maximum atomic E-state index is 11.6. The Morgan fingerprint density at radius 3 is 2.69 bits per heavy atom. The molecule has 6 rings (SSSR count). The van der Waals surface area contributed by atoms with E-state index >= 15 is 0 Å². The average Bonchev–Trinajstić information content (AvgIpc) is 3.61. The maximum absolute atomic E-state index is 11.6. The first-order valence-corrected chi connectivity index (χ1v) is 13.1. The predicted octanol–water partition coefficient (Wildman–Crippen LogP) is 3.62. The molecule has 1 fully saturated rings. The molecule has 2 aliphatic heterocycles. The van der Waals surface area contributed by atoms with Crippen LogP contribution in [-0.2, 0) is 19.6 Å². The number of anilines is 1. The molecule has 10 nitrogen and oxygen atoms in total. The van der Waals surface area contributed by atoms with Gasteiger partial charge in [-0.15, -0.1) is 0 Å². The molecule has 2 aliphatic rings. The van der Waals surface area contributed by atoms with E-state index in [1.54, 1.807) is 30.8 Å². The molecule has 0 bridgehead atoms. The third-order valence-corrected chi connectivity index (χ3v) is 7.30. The van der Waals surface area contributed by atoms with Gasteiger partial charge >= 0.3 is 5.97 Å². The number of pyridine rings is 2. The lowest BCUT2D eigenvalue weighted by Crippen LogP contribution is -2.50. The maximum Gasteiger partial charge on any atom is 0.335 e. The van der Waals surface area contributed by atoms with Crippen LogP contribution >= 0.6 is 0 Å². The highest BCUT2D eigenvalue weighted by molar-refractivity contribution is 5.88. The van der Waals surface area contributed by atoms with E-state index in [9.17, 15) is 9.90 Å². The van der Waals surface area contributed by atoms with Crippen molar-refractivity contribution in [1.29, 1.82) is 0 Å². The summed E-state index contributed by atoms with van der Waals surface area (Å²) in [4.78, 5) is 32.1. The lowest BCUT2D eigenvalue weighted by molar-refractivity contribution is 0.0696. The Labute approximate surface area is 226 Å². The summed E-state index contributed by atoms with van der Waals surface area (Å²) in [6.45, 7) is 5.40. The first-order valence-electron chi connectivity index (χ1n) is 13.1. The normalized spacial score (nSPS) is 17.7. The lowest BCUT2D eigenvalue weighted by atomic mass is 9.99. The van der Waals surface area contributed by atoms with Crippen molar-refractivity contribution in [2.75, 3.05) is 37.7 Å². The van der Waals surface area contributed by atoms with Crippen LogP contribution in [0.4, 0.5) is 5.82 Å². The van der Waals surface area contributed by atoms with E-state index in [4.69, 9.17) is 14.1 Å². The molecule has 0 saturated carbocycles. The molecule has 0 radical (unpaired) electrons. The van der Waals surface area contributed by atoms with Crippen LogP contribution in [0.2, 0.25) is 0 Å². The summed E-state index contributed by atoms with van der Waals surface area (Å²) < 4.78 is 11.4. The molecule has 5 heterocycles. The molecule has 10 heteroatoms. The van der Waals surface area contributed by atoms with Crippen molar-refractivity contribution in [3.63, 3.8) is 0 Å². The quantitative estimate of drug-likeness (QED) is 0.347. The second-order valence-electron chi connectivity index (χ2n) is 9.80. The number of carboxylic acid groups (broad SMARTS) is 1. The first-order chi connectivity index (χ1) is 19.1. The van der Waals surface area contributed by atoms with Crippen molar-refractivity contribution < 1.29 is 19.1 Å². The summed E-state index contributed by atoms with van der Waals surface area (Å²) >= 11 is 0. The van der Waals surface area contributed by atoms with Gasteiger partial charge in [-0.3, -0.25) is 14.8 Å². The van der Waals surface area contributed by atoms with Crippen molar-refractivity contribution in [2.45, 2.75) is 25.6 Å². The van der Waals surface area contributed by atoms with Gasteiger partial charge in [-0.1, -0.05) is 18.2 Å². The Bertz CT molecular complexity index is 1410. The number of ether oxygens (including phenoxy) is 1. The lowest BCUT2D eigenvalue weighted by Gasteiger charge is -2.38. The van der Waals surface area contributed by atoms with Crippen LogP contribution in [0.15, 0.2) is 77.7 Å². The molecule has 0 spiro atoms. The number of hydrogen-bond acceptors (Lipinski definition) is 9. The van der Waals surface area contributed by atoms with Gasteiger partial charge in [0, 0.05) is 57.4 Å². The monoisotopic (exact) mass is 526 g/mol. The Kier molecular flexibility index (Phi) is 7.20. The zero-order valence-electron chi connectivity index (χ0n) is 21.5. The molecule has 39 heavy (non-hydrogen) atoms. The minimum absolute atomic E-state index is 0.00517. The van der Waals surface area contributed by atoms with Crippen molar-refractivity contribution >= 4 is 11.8 Å². The van der Waals surface area contributed by atoms with E-state index in [0.717, 1.165) is 62.0 Å². The number of carbonyl (C=O) groups is 1. The third-order valence-electron chi connectivity index (χ3n) is 7.30. The van der Waals surface area contributed by atoms with Gasteiger partial charge in [0.2, 0.25) is 5.88 Å². The second-order valence-corrected chi connectivity index (χ2v) is 9.80. The molecular formula is C29H30N6O4. The van der Waals surface area contributed by atoms with Gasteiger partial charge in [-0.25, -0.2) is 9.78 Å². The molecule has 4 aromatic rings. The summed E-state index contributed by atoms with van der Waals surface area (Å²) in [7, 11) is 0. The van der Waals surface area contributed by atoms with Crippen LogP contribution in [0, 0.1) is 0 Å². The van der Waals surface area contributed by atoms with Crippen LogP contribution < -0.4 is 9.64 Å². The molecule has 1 aromatic carbocycles. The highest BCUT2D eigenvalue weighted by Crippen LogP contribution is 2.37. The highest BCUT2D eigenvalue weighted by atomic mass is 16.5. The van der Waals surface area contributed by atoms with Gasteiger partial charge in [-0.05, 0) is 41.5 Å². The van der Waals surface area contributed by atoms with Crippen LogP contribution in [-0.4, -0.2) is 68.7 Å². The fourth-order valence-electron chi connectivity index (χ4n) is 5.28. The number of carboxylic acids is 1. The molecule has 0 amide bonds. The van der Waals surface area contributed by atoms with E-state index in [2.05, 4.69) is 24.7 Å². The Balaban J connectivity index is 1.09. The number of piperazine rings is 1. The number of fused-ring (bicyclic) bond motifs is 1. The summed E-state index contributed by atoms with van der Waals surface area (Å²) in [6.07, 6.45) is 5.58. The first kappa shape index (κ1) is 25.0. The standard InChI is InChI=1S/C29H30N6O4/c36-29(37)21-7-8-22-18-35(25(24(22)16-21)17-28-31-10-15-38-28)20-33-11-13-34(14-12-33)26-5-3-6-27(32-26)39-19-23-4-1-2-9-30-23/h1-10,15-16,25H,11-14,17-20H2,(H,36,37). The van der Waals surface area contributed by atoms with Crippen molar-refractivity contribution in [3.8, 4) is 5.88 Å². The summed E-state index contributed by atoms with van der Waals surface area (Å²) in [5, 5.41) is 9.53. The largest absolute Gasteiger partial charge is 0.478 e. The molecule has 1 saturated heterocycles. The van der Waals surface area contributed by atoms with Crippen LogP contribution in [0.5, 0.6) is 5.88 Å². The zero-order chi connectivity index (χ0) is 26.6. The smallest absolute Gasteiger partial charge is 0.335 e. The average molecular weight is 527 g/mol. The summed E-state index contributed by atoms with van der Waals surface area (Å²) in [5.41, 5.74) is 3.36. The van der Waals surface area contributed by atoms with Crippen molar-refractivity contribution in [1.82, 2.24) is 24.8 Å². The molecule has 0 aliphatic carbocycles. The molecular weight excluding hydrogens is 496 g/mol. The third kappa shape index (κ3) is 5.76. The topological polar surface area (TPSA) is 108 Å². The minimum Gasteiger partial charge on any atom is -0.478 e. The van der Waals surface area contributed by atoms with Crippen molar-refractivity contribution in [2.24, 2.45) is 0 Å². The second kappa shape index (κ2) is 11.2. The SMILES string of the molecule is O=C(O)c1ccc2c(c1)C(Cc1ncco1)N(CN1CCN(c3cccc(OCc4ccccn4)n3)CC1)C2. The molecule has 200 valence electrons. The van der Waals surface area contributed by atoms with Gasteiger partial charge in [0.1, 0.15) is 18.7 Å². The number of nitrogens with zero attached hydrogens (tertiary/aromatic N) is 6. The van der Waals surface area contributed by atoms with Gasteiger partial charge in [0.05, 0.1) is 24.1 Å². The van der Waals surface area contributed by atoms with Crippen LogP contribution in [0.25, 0.3) is 0 Å². The van der Waals surface area contributed by atoms with Gasteiger partial charge in [0.25, 0.3) is 0 Å². The van der Waals surface area contributed by atoms with Gasteiger partial charge in [0.15, 0.2) is 5.89 Å². The fourth-order valence-corrected chi connectivity index (χ4v) is 5.28. The van der Waals surface area contributed by atoms with E-state index in [1.807, 2.05) is 42.5 Å². The van der Waals surface area contributed by atoms with E-state index in [0.29, 0.717) is 30.4 Å². The fraction of sp³-hybridized carbons (Fsp3) is 0.310. The van der Waals surface area contributed by atoms with Crippen molar-refractivity contribution in [3.05, 3.63) is 102 Å². The Morgan fingerprint density at radius 1 is 1.03 bits per heavy atom. The number of hydrogen-bond donors (Lipinski definition) is 1. The number of aromatic carboxylic acids is 1. The Hall–Kier alpha value is -4.28. The van der Waals surface area contributed by atoms with Crippen LogP contribution in [0.3, 0.4) is 0 Å². The number of oxazole rings is 1. The predicted molar refractivity (Wildman–Crippen MR) is 143 cm³/mol. The molecule has 1 unspecified atom stereocenters. The molecule has 1 N–H and O–H groups in total. The van der Waals surface area contributed by atoms with E-state index < -0.39 is 5.97 Å². The Morgan fingerprint density at radius 2 is 1.92 bits per heavy atom. The highest BCUT2D eigenvalue weighted by Gasteiger charge is 2.33. The summed E-state index contributed by atoms with van der Waals surface area (Å²) in [5.74, 6) is 1.23. The zero-order valence-corrected chi connectivity index (χ0v) is 21.5. The molecule has 3 aromatic heterocycles. The van der Waals surface area contributed by atoms with Gasteiger partial charge in [-0.2, -0.15) is 4.98 Å². The number of rotatable bonds is 9. The number of benzene rings is 1. The van der Waals surface area contributed by atoms with Crippen LogP contribution in [0.1, 0.15) is 39.1 Å². The summed E-state index contributed by atoms with van der Waals surface area (Å²) in [6, 6.07) is 17.1. The van der Waals surface area contributed by atoms with Gasteiger partial charge < -0.3 is 19.2 Å². The minimum atomic E-state index is -0.915. The number of aromatic nitrogens is 3. The van der Waals surface area contributed by atoms with E-state index in [1.165, 1.54) is 0 Å². The van der Waals surface area contributed by atoms with E-state index in [-0.39, 0.29) is 6.04 Å².